The quantitative estimate of drug-likeness (QED) is 0.388. The summed E-state index contributed by atoms with van der Waals surface area (Å²) in [6, 6.07) is 0. The topological polar surface area (TPSA) is 62.3 Å². The average Bonchev–Trinajstić information content (AvgIpc) is 2.19. The summed E-state index contributed by atoms with van der Waals surface area (Å²) in [5.41, 5.74) is 5.47. The number of nitrogens with one attached hydrogen (secondary N) is 1. The molecule has 0 bridgehead atoms. The van der Waals surface area contributed by atoms with Gasteiger partial charge >= 0.3 is 0 Å². The van der Waals surface area contributed by atoms with Crippen molar-refractivity contribution < 1.29 is 4.74 Å². The fraction of sp³-hybridized carbons (Fsp3) is 0.900. The maximum absolute atomic E-state index is 7.36. The van der Waals surface area contributed by atoms with Gasteiger partial charge in [0.05, 0.1) is 12.4 Å². The minimum absolute atomic E-state index is 0.318. The molecule has 4 heteroatoms. The van der Waals surface area contributed by atoms with Crippen molar-refractivity contribution in [2.45, 2.75) is 19.8 Å². The van der Waals surface area contributed by atoms with Crippen LogP contribution in [0.3, 0.4) is 0 Å². The molecule has 0 amide bonds. The van der Waals surface area contributed by atoms with Gasteiger partial charge in [0.2, 0.25) is 0 Å². The summed E-state index contributed by atoms with van der Waals surface area (Å²) in [6.07, 6.45) is 2.06. The normalized spacial score (nSPS) is 19.8. The van der Waals surface area contributed by atoms with Crippen molar-refractivity contribution >= 4 is 5.84 Å². The molecule has 0 spiro atoms. The highest BCUT2D eigenvalue weighted by atomic mass is 16.5. The summed E-state index contributed by atoms with van der Waals surface area (Å²) in [7, 11) is 0. The Hall–Kier alpha value is -0.610. The van der Waals surface area contributed by atoms with E-state index in [1.807, 2.05) is 6.92 Å². The Balaban J connectivity index is 2.12. The molecule has 4 nitrogen and oxygen atoms in total. The lowest BCUT2D eigenvalue weighted by Gasteiger charge is -2.31. The molecule has 1 fully saturated rings. The summed E-state index contributed by atoms with van der Waals surface area (Å²) < 4.78 is 5.30. The third-order valence-corrected chi connectivity index (χ3v) is 2.78. The molecule has 14 heavy (non-hydrogen) atoms. The summed E-state index contributed by atoms with van der Waals surface area (Å²) in [4.78, 5) is 2.38. The summed E-state index contributed by atoms with van der Waals surface area (Å²) >= 11 is 0. The lowest BCUT2D eigenvalue weighted by Crippen LogP contribution is -2.39. The molecule has 1 heterocycles. The Kier molecular flexibility index (Phi) is 4.90. The van der Waals surface area contributed by atoms with E-state index in [9.17, 15) is 0 Å². The first-order valence-electron chi connectivity index (χ1n) is 5.38. The zero-order valence-corrected chi connectivity index (χ0v) is 8.96. The molecular formula is C10H21N3O. The van der Waals surface area contributed by atoms with E-state index < -0.39 is 0 Å². The second-order valence-corrected chi connectivity index (χ2v) is 3.77. The molecule has 1 rings (SSSR count). The van der Waals surface area contributed by atoms with Crippen LogP contribution in [-0.4, -0.2) is 43.6 Å². The van der Waals surface area contributed by atoms with Crippen LogP contribution in [0.1, 0.15) is 19.8 Å². The van der Waals surface area contributed by atoms with Crippen LogP contribution < -0.4 is 5.73 Å². The molecule has 0 saturated carbocycles. The molecule has 1 aliphatic rings. The Morgan fingerprint density at radius 1 is 1.50 bits per heavy atom. The van der Waals surface area contributed by atoms with Crippen LogP contribution >= 0.6 is 0 Å². The minimum Gasteiger partial charge on any atom is -0.387 e. The summed E-state index contributed by atoms with van der Waals surface area (Å²) in [5, 5.41) is 7.36. The maximum Gasteiger partial charge on any atom is 0.0937 e. The molecule has 1 aliphatic heterocycles. The minimum atomic E-state index is 0.318. The maximum atomic E-state index is 7.36. The van der Waals surface area contributed by atoms with Crippen LogP contribution in [0.5, 0.6) is 0 Å². The molecule has 0 aliphatic carbocycles. The van der Waals surface area contributed by atoms with Gasteiger partial charge < -0.3 is 15.4 Å². The van der Waals surface area contributed by atoms with Gasteiger partial charge in [-0.25, -0.2) is 0 Å². The first-order valence-corrected chi connectivity index (χ1v) is 5.38. The molecule has 1 saturated heterocycles. The van der Waals surface area contributed by atoms with Gasteiger partial charge in [0.15, 0.2) is 0 Å². The Bertz CT molecular complexity index is 176. The standard InChI is InChI=1S/C10H21N3O/c1-2-14-8-7-13-5-3-9(4-6-13)10(11)12/h9H,2-8H2,1H3,(H3,11,12). The molecule has 0 radical (unpaired) electrons. The zero-order chi connectivity index (χ0) is 10.4. The van der Waals surface area contributed by atoms with Gasteiger partial charge in [-0.05, 0) is 32.9 Å². The first-order chi connectivity index (χ1) is 6.74. The van der Waals surface area contributed by atoms with E-state index in [2.05, 4.69) is 4.90 Å². The van der Waals surface area contributed by atoms with Crippen LogP contribution in [-0.2, 0) is 4.74 Å². The SMILES string of the molecule is CCOCCN1CCC(C(=N)N)CC1. The number of hydrogen-bond donors (Lipinski definition) is 2. The van der Waals surface area contributed by atoms with Gasteiger partial charge in [-0.1, -0.05) is 0 Å². The second kappa shape index (κ2) is 5.98. The van der Waals surface area contributed by atoms with Crippen LogP contribution in [0.2, 0.25) is 0 Å². The molecule has 0 unspecified atom stereocenters. The van der Waals surface area contributed by atoms with Gasteiger partial charge in [0, 0.05) is 19.1 Å². The van der Waals surface area contributed by atoms with E-state index in [0.29, 0.717) is 11.8 Å². The molecule has 0 aromatic rings. The van der Waals surface area contributed by atoms with Crippen molar-refractivity contribution in [2.24, 2.45) is 11.7 Å². The zero-order valence-electron chi connectivity index (χ0n) is 8.96. The fourth-order valence-corrected chi connectivity index (χ4v) is 1.81. The van der Waals surface area contributed by atoms with Crippen molar-refractivity contribution in [2.75, 3.05) is 32.8 Å². The molecule has 0 aromatic carbocycles. The number of rotatable bonds is 5. The summed E-state index contributed by atoms with van der Waals surface area (Å²) in [6.45, 7) is 6.75. The Morgan fingerprint density at radius 2 is 2.14 bits per heavy atom. The van der Waals surface area contributed by atoms with Crippen LogP contribution in [0.4, 0.5) is 0 Å². The monoisotopic (exact) mass is 199 g/mol. The molecule has 82 valence electrons. The van der Waals surface area contributed by atoms with Gasteiger partial charge in [0.25, 0.3) is 0 Å². The molecule has 3 N–H and O–H groups in total. The van der Waals surface area contributed by atoms with Crippen molar-refractivity contribution in [3.63, 3.8) is 0 Å². The third-order valence-electron chi connectivity index (χ3n) is 2.78. The number of hydrogen-bond acceptors (Lipinski definition) is 3. The Labute approximate surface area is 85.9 Å². The van der Waals surface area contributed by atoms with E-state index in [-0.39, 0.29) is 0 Å². The lowest BCUT2D eigenvalue weighted by atomic mass is 9.96. The number of nitrogens with two attached hydrogens (primary N) is 1. The third kappa shape index (κ3) is 3.64. The summed E-state index contributed by atoms with van der Waals surface area (Å²) in [5.74, 6) is 0.674. The number of amidine groups is 1. The van der Waals surface area contributed by atoms with Gasteiger partial charge in [-0.15, -0.1) is 0 Å². The van der Waals surface area contributed by atoms with Crippen LogP contribution in [0.25, 0.3) is 0 Å². The fourth-order valence-electron chi connectivity index (χ4n) is 1.81. The van der Waals surface area contributed by atoms with E-state index in [0.717, 1.165) is 45.7 Å². The average molecular weight is 199 g/mol. The predicted octanol–water partition coefficient (Wildman–Crippen LogP) is 0.671. The highest BCUT2D eigenvalue weighted by Gasteiger charge is 2.20. The molecule has 0 aromatic heterocycles. The first kappa shape index (κ1) is 11.5. The van der Waals surface area contributed by atoms with Gasteiger partial charge in [-0.3, -0.25) is 5.41 Å². The van der Waals surface area contributed by atoms with Crippen LogP contribution in [0.15, 0.2) is 0 Å². The lowest BCUT2D eigenvalue weighted by molar-refractivity contribution is 0.101. The van der Waals surface area contributed by atoms with Crippen molar-refractivity contribution in [1.82, 2.24) is 4.90 Å². The van der Waals surface area contributed by atoms with Crippen molar-refractivity contribution in [1.29, 1.82) is 5.41 Å². The molecular weight excluding hydrogens is 178 g/mol. The van der Waals surface area contributed by atoms with E-state index in [1.54, 1.807) is 0 Å². The predicted molar refractivity (Wildman–Crippen MR) is 57.6 cm³/mol. The highest BCUT2D eigenvalue weighted by Crippen LogP contribution is 2.16. The van der Waals surface area contributed by atoms with E-state index in [4.69, 9.17) is 15.9 Å². The smallest absolute Gasteiger partial charge is 0.0937 e. The van der Waals surface area contributed by atoms with E-state index >= 15 is 0 Å². The number of ether oxygens (including phenoxy) is 1. The van der Waals surface area contributed by atoms with E-state index in [1.165, 1.54) is 0 Å². The van der Waals surface area contributed by atoms with Gasteiger partial charge in [0.1, 0.15) is 0 Å². The van der Waals surface area contributed by atoms with Gasteiger partial charge in [-0.2, -0.15) is 0 Å². The number of nitrogens with zero attached hydrogens (tertiary/aromatic N) is 1. The number of likely N-dealkylation sites (tertiary alicyclic amines) is 1. The second-order valence-electron chi connectivity index (χ2n) is 3.77. The van der Waals surface area contributed by atoms with Crippen molar-refractivity contribution in [3.8, 4) is 0 Å². The number of piperidine rings is 1. The Morgan fingerprint density at radius 3 is 2.64 bits per heavy atom. The molecule has 0 atom stereocenters. The largest absolute Gasteiger partial charge is 0.387 e. The highest BCUT2D eigenvalue weighted by molar-refractivity contribution is 5.79. The van der Waals surface area contributed by atoms with Crippen LogP contribution in [0, 0.1) is 11.3 Å². The van der Waals surface area contributed by atoms with Crippen molar-refractivity contribution in [3.05, 3.63) is 0 Å².